The number of benzene rings is 1. The van der Waals surface area contributed by atoms with Crippen molar-refractivity contribution < 1.29 is 9.47 Å². The summed E-state index contributed by atoms with van der Waals surface area (Å²) in [5, 5.41) is 0. The maximum absolute atomic E-state index is 6.13. The molecule has 4 N–H and O–H groups in total. The van der Waals surface area contributed by atoms with E-state index in [1.807, 2.05) is 12.1 Å². The maximum atomic E-state index is 6.13. The molecule has 0 aromatic heterocycles. The van der Waals surface area contributed by atoms with E-state index in [9.17, 15) is 0 Å². The second-order valence-corrected chi connectivity index (χ2v) is 10.3. The predicted molar refractivity (Wildman–Crippen MR) is 158 cm³/mol. The molecule has 0 aliphatic heterocycles. The molecule has 0 amide bonds. The van der Waals surface area contributed by atoms with Crippen LogP contribution in [0.4, 0.5) is 0 Å². The monoisotopic (exact) mass is 502 g/mol. The van der Waals surface area contributed by atoms with Crippen LogP contribution in [-0.2, 0) is 0 Å². The number of hydrogen-bond acceptors (Lipinski definition) is 4. The zero-order chi connectivity index (χ0) is 25.9. The summed E-state index contributed by atoms with van der Waals surface area (Å²) in [6, 6.07) is 6.14. The van der Waals surface area contributed by atoms with E-state index < -0.39 is 0 Å². The molecule has 0 atom stereocenters. The number of hydrogen-bond donors (Lipinski definition) is 2. The molecular formula is C32H58N2O2. The summed E-state index contributed by atoms with van der Waals surface area (Å²) in [6.45, 7) is 7.08. The Kier molecular flexibility index (Phi) is 22.7. The van der Waals surface area contributed by atoms with Crippen molar-refractivity contribution in [1.82, 2.24) is 0 Å². The Morgan fingerprint density at radius 2 is 0.861 bits per heavy atom. The van der Waals surface area contributed by atoms with Crippen molar-refractivity contribution in [2.24, 2.45) is 11.5 Å². The molecule has 1 aromatic carbocycles. The highest BCUT2D eigenvalue weighted by atomic mass is 16.5. The van der Waals surface area contributed by atoms with Gasteiger partial charge in [-0.25, -0.2) is 0 Å². The Labute approximate surface area is 223 Å². The molecule has 36 heavy (non-hydrogen) atoms. The van der Waals surface area contributed by atoms with Gasteiger partial charge in [0, 0.05) is 0 Å². The second-order valence-electron chi connectivity index (χ2n) is 10.3. The molecule has 0 aliphatic rings. The average molecular weight is 503 g/mol. The molecule has 4 heteroatoms. The van der Waals surface area contributed by atoms with Crippen molar-refractivity contribution in [1.29, 1.82) is 0 Å². The number of ether oxygens (including phenoxy) is 2. The van der Waals surface area contributed by atoms with Crippen molar-refractivity contribution in [3.8, 4) is 11.5 Å². The quantitative estimate of drug-likeness (QED) is 0.118. The Morgan fingerprint density at radius 1 is 0.500 bits per heavy atom. The number of unbranched alkanes of at least 4 members (excludes halogenated alkanes) is 18. The van der Waals surface area contributed by atoms with Gasteiger partial charge < -0.3 is 20.9 Å². The third-order valence-corrected chi connectivity index (χ3v) is 6.92. The SMILES string of the molecule is C=Cc1ccc(OCCCCCCCCCCCCN)c(OCCCCCCCCCCCCN)c1. The third-order valence-electron chi connectivity index (χ3n) is 6.92. The van der Waals surface area contributed by atoms with Crippen molar-refractivity contribution >= 4 is 6.08 Å². The van der Waals surface area contributed by atoms with Gasteiger partial charge in [0.25, 0.3) is 0 Å². The second kappa shape index (κ2) is 25.1. The number of nitrogens with two attached hydrogens (primary N) is 2. The summed E-state index contributed by atoms with van der Waals surface area (Å²) in [7, 11) is 0. The zero-order valence-corrected chi connectivity index (χ0v) is 23.5. The van der Waals surface area contributed by atoms with Crippen LogP contribution in [0.5, 0.6) is 11.5 Å². The van der Waals surface area contributed by atoms with E-state index in [1.54, 1.807) is 0 Å². The van der Waals surface area contributed by atoms with Crippen LogP contribution in [0.1, 0.15) is 134 Å². The lowest BCUT2D eigenvalue weighted by atomic mass is 10.1. The van der Waals surface area contributed by atoms with E-state index in [0.29, 0.717) is 0 Å². The van der Waals surface area contributed by atoms with Gasteiger partial charge in [-0.15, -0.1) is 0 Å². The van der Waals surface area contributed by atoms with Gasteiger partial charge in [0.05, 0.1) is 13.2 Å². The fourth-order valence-electron chi connectivity index (χ4n) is 4.57. The van der Waals surface area contributed by atoms with Gasteiger partial charge >= 0.3 is 0 Å². The molecule has 0 fully saturated rings. The Bertz CT molecular complexity index is 620. The molecule has 208 valence electrons. The Hall–Kier alpha value is -1.52. The molecule has 0 aliphatic carbocycles. The van der Waals surface area contributed by atoms with E-state index in [2.05, 4.69) is 18.7 Å². The van der Waals surface area contributed by atoms with E-state index >= 15 is 0 Å². The van der Waals surface area contributed by atoms with E-state index in [4.69, 9.17) is 20.9 Å². The fourth-order valence-corrected chi connectivity index (χ4v) is 4.57. The Balaban J connectivity index is 2.11. The van der Waals surface area contributed by atoms with Gasteiger partial charge in [0.2, 0.25) is 0 Å². The third kappa shape index (κ3) is 18.7. The minimum Gasteiger partial charge on any atom is -0.490 e. The first-order valence-corrected chi connectivity index (χ1v) is 15.2. The summed E-state index contributed by atoms with van der Waals surface area (Å²) < 4.78 is 12.2. The molecule has 1 aromatic rings. The van der Waals surface area contributed by atoms with Crippen LogP contribution >= 0.6 is 0 Å². The molecule has 0 radical (unpaired) electrons. The van der Waals surface area contributed by atoms with Gasteiger partial charge in [0.1, 0.15) is 0 Å². The van der Waals surface area contributed by atoms with Crippen LogP contribution in [0.3, 0.4) is 0 Å². The highest BCUT2D eigenvalue weighted by Gasteiger charge is 2.06. The average Bonchev–Trinajstić information content (AvgIpc) is 2.90. The summed E-state index contributed by atoms with van der Waals surface area (Å²) in [5.74, 6) is 1.73. The largest absolute Gasteiger partial charge is 0.490 e. The van der Waals surface area contributed by atoms with Crippen molar-refractivity contribution in [2.75, 3.05) is 26.3 Å². The lowest BCUT2D eigenvalue weighted by Gasteiger charge is -2.14. The lowest BCUT2D eigenvalue weighted by molar-refractivity contribution is 0.258. The molecule has 0 saturated heterocycles. The zero-order valence-electron chi connectivity index (χ0n) is 23.5. The predicted octanol–water partition coefficient (Wildman–Crippen LogP) is 8.81. The van der Waals surface area contributed by atoms with Crippen LogP contribution in [-0.4, -0.2) is 26.3 Å². The molecule has 0 bridgehead atoms. The van der Waals surface area contributed by atoms with Crippen LogP contribution < -0.4 is 20.9 Å². The van der Waals surface area contributed by atoms with E-state index in [1.165, 1.54) is 116 Å². The van der Waals surface area contributed by atoms with Crippen molar-refractivity contribution in [2.45, 2.75) is 128 Å². The minimum absolute atomic E-state index is 0.752. The minimum atomic E-state index is 0.752. The van der Waals surface area contributed by atoms with Gasteiger partial charge in [-0.1, -0.05) is 121 Å². The first-order valence-electron chi connectivity index (χ1n) is 15.2. The topological polar surface area (TPSA) is 70.5 Å². The first kappa shape index (κ1) is 32.5. The van der Waals surface area contributed by atoms with Crippen LogP contribution in [0, 0.1) is 0 Å². The molecule has 1 rings (SSSR count). The van der Waals surface area contributed by atoms with Gasteiger partial charge in [-0.2, -0.15) is 0 Å². The summed E-state index contributed by atoms with van der Waals surface area (Å²) in [6.07, 6.45) is 27.6. The molecule has 0 unspecified atom stereocenters. The fraction of sp³-hybridized carbons (Fsp3) is 0.750. The summed E-state index contributed by atoms with van der Waals surface area (Å²) in [4.78, 5) is 0. The van der Waals surface area contributed by atoms with Crippen LogP contribution in [0.15, 0.2) is 24.8 Å². The Morgan fingerprint density at radius 3 is 1.25 bits per heavy atom. The first-order chi connectivity index (χ1) is 17.8. The summed E-state index contributed by atoms with van der Waals surface area (Å²) >= 11 is 0. The molecular weight excluding hydrogens is 444 g/mol. The smallest absolute Gasteiger partial charge is 0.161 e. The van der Waals surface area contributed by atoms with Crippen molar-refractivity contribution in [3.05, 3.63) is 30.3 Å². The molecule has 4 nitrogen and oxygen atoms in total. The van der Waals surface area contributed by atoms with Crippen molar-refractivity contribution in [3.63, 3.8) is 0 Å². The highest BCUT2D eigenvalue weighted by molar-refractivity contribution is 5.54. The molecule has 0 spiro atoms. The molecule has 0 heterocycles. The maximum Gasteiger partial charge on any atom is 0.161 e. The lowest BCUT2D eigenvalue weighted by Crippen LogP contribution is -2.03. The van der Waals surface area contributed by atoms with Crippen LogP contribution in [0.25, 0.3) is 6.08 Å². The van der Waals surface area contributed by atoms with E-state index in [0.717, 1.165) is 56.2 Å². The highest BCUT2D eigenvalue weighted by Crippen LogP contribution is 2.29. The standard InChI is InChI=1S/C32H58N2O2/c1-2-30-23-24-31(35-27-21-17-13-9-5-3-7-11-15-19-25-33)32(29-30)36-28-22-18-14-10-6-4-8-12-16-20-26-34/h2,23-24,29H,1,3-22,25-28,33-34H2. The molecule has 0 saturated carbocycles. The number of rotatable bonds is 27. The summed E-state index contributed by atoms with van der Waals surface area (Å²) in [5.41, 5.74) is 12.2. The van der Waals surface area contributed by atoms with E-state index in [-0.39, 0.29) is 0 Å². The van der Waals surface area contributed by atoms with Gasteiger partial charge in [0.15, 0.2) is 11.5 Å². The van der Waals surface area contributed by atoms with Gasteiger partial charge in [-0.3, -0.25) is 0 Å². The van der Waals surface area contributed by atoms with Crippen LogP contribution in [0.2, 0.25) is 0 Å². The normalized spacial score (nSPS) is 11.1. The van der Waals surface area contributed by atoms with Gasteiger partial charge in [-0.05, 0) is 56.5 Å².